The molecule has 0 aliphatic rings. The molecule has 1 aromatic heterocycles. The van der Waals surface area contributed by atoms with Crippen LogP contribution < -0.4 is 0 Å². The summed E-state index contributed by atoms with van der Waals surface area (Å²) in [6.07, 6.45) is -2.81. The third-order valence-corrected chi connectivity index (χ3v) is 3.63. The van der Waals surface area contributed by atoms with E-state index in [1.54, 1.807) is 6.92 Å². The van der Waals surface area contributed by atoms with Crippen LogP contribution in [0.5, 0.6) is 0 Å². The van der Waals surface area contributed by atoms with Gasteiger partial charge in [0.15, 0.2) is 0 Å². The molecular formula is C11H11BrF2INO2. The summed E-state index contributed by atoms with van der Waals surface area (Å²) >= 11 is 5.03. The second kappa shape index (κ2) is 7.32. The molecule has 0 amide bonds. The molecule has 1 rings (SSSR count). The minimum absolute atomic E-state index is 0.156. The van der Waals surface area contributed by atoms with Gasteiger partial charge in [0.05, 0.1) is 18.7 Å². The van der Waals surface area contributed by atoms with Crippen LogP contribution in [-0.2, 0) is 21.3 Å². The first-order chi connectivity index (χ1) is 8.49. The average Bonchev–Trinajstić information content (AvgIpc) is 2.31. The largest absolute Gasteiger partial charge is 0.466 e. The summed E-state index contributed by atoms with van der Waals surface area (Å²) < 4.78 is 31.1. The molecule has 1 aromatic rings. The van der Waals surface area contributed by atoms with Gasteiger partial charge in [-0.25, -0.2) is 13.8 Å². The Morgan fingerprint density at radius 3 is 2.78 bits per heavy atom. The molecule has 0 saturated carbocycles. The van der Waals surface area contributed by atoms with Gasteiger partial charge in [-0.2, -0.15) is 0 Å². The summed E-state index contributed by atoms with van der Waals surface area (Å²) in [5.41, 5.74) is 0.605. The van der Waals surface area contributed by atoms with Crippen molar-refractivity contribution in [3.63, 3.8) is 0 Å². The van der Waals surface area contributed by atoms with Crippen molar-refractivity contribution in [2.24, 2.45) is 0 Å². The van der Waals surface area contributed by atoms with Crippen molar-refractivity contribution in [3.8, 4) is 0 Å². The lowest BCUT2D eigenvalue weighted by Crippen LogP contribution is -2.12. The second-order valence-corrected chi connectivity index (χ2v) is 4.97. The number of pyridine rings is 1. The number of hydrogen-bond acceptors (Lipinski definition) is 3. The zero-order valence-corrected chi connectivity index (χ0v) is 13.3. The number of hydrogen-bond donors (Lipinski definition) is 0. The molecule has 0 spiro atoms. The van der Waals surface area contributed by atoms with Crippen molar-refractivity contribution in [1.82, 2.24) is 4.98 Å². The summed E-state index contributed by atoms with van der Waals surface area (Å²) in [6.45, 7) is 1.90. The third kappa shape index (κ3) is 4.11. The number of alkyl halides is 3. The van der Waals surface area contributed by atoms with E-state index in [2.05, 4.69) is 20.9 Å². The van der Waals surface area contributed by atoms with Crippen LogP contribution in [0.4, 0.5) is 8.78 Å². The first kappa shape index (κ1) is 15.7. The standard InChI is InChI=1S/C11H11BrF2INO2/c1-2-18-9(17)4-8-7(10(13)14)3-6(5-12)16-11(8)15/h3,10H,2,4-5H2,1H3. The van der Waals surface area contributed by atoms with Crippen LogP contribution in [0.2, 0.25) is 0 Å². The van der Waals surface area contributed by atoms with Gasteiger partial charge in [0.2, 0.25) is 0 Å². The molecule has 1 heterocycles. The molecule has 0 N–H and O–H groups in total. The fraction of sp³-hybridized carbons (Fsp3) is 0.455. The summed E-state index contributed by atoms with van der Waals surface area (Å²) in [6, 6.07) is 1.32. The fourth-order valence-electron chi connectivity index (χ4n) is 1.41. The van der Waals surface area contributed by atoms with E-state index in [-0.39, 0.29) is 24.2 Å². The lowest BCUT2D eigenvalue weighted by molar-refractivity contribution is -0.142. The Hall–Kier alpha value is -0.310. The maximum atomic E-state index is 13.0. The van der Waals surface area contributed by atoms with Gasteiger partial charge in [-0.1, -0.05) is 15.9 Å². The number of carbonyl (C=O) groups is 1. The molecule has 0 aliphatic heterocycles. The molecular weight excluding hydrogens is 423 g/mol. The summed E-state index contributed by atoms with van der Waals surface area (Å²) in [5, 5.41) is 0.391. The summed E-state index contributed by atoms with van der Waals surface area (Å²) in [4.78, 5) is 15.5. The van der Waals surface area contributed by atoms with Crippen LogP contribution in [0.1, 0.15) is 30.2 Å². The summed E-state index contributed by atoms with van der Waals surface area (Å²) in [5.74, 6) is -0.522. The maximum absolute atomic E-state index is 13.0. The van der Waals surface area contributed by atoms with E-state index < -0.39 is 12.4 Å². The van der Waals surface area contributed by atoms with Crippen molar-refractivity contribution in [2.45, 2.75) is 25.1 Å². The molecule has 0 fully saturated rings. The molecule has 100 valence electrons. The number of halogens is 4. The number of rotatable bonds is 5. The van der Waals surface area contributed by atoms with Crippen molar-refractivity contribution in [1.29, 1.82) is 0 Å². The van der Waals surface area contributed by atoms with Gasteiger partial charge in [-0.15, -0.1) is 0 Å². The first-order valence-corrected chi connectivity index (χ1v) is 7.37. The molecule has 0 atom stereocenters. The van der Waals surface area contributed by atoms with E-state index in [0.717, 1.165) is 0 Å². The van der Waals surface area contributed by atoms with E-state index in [1.807, 2.05) is 22.6 Å². The molecule has 7 heteroatoms. The van der Waals surface area contributed by atoms with Gasteiger partial charge >= 0.3 is 5.97 Å². The molecule has 0 aliphatic carbocycles. The Morgan fingerprint density at radius 1 is 1.61 bits per heavy atom. The minimum Gasteiger partial charge on any atom is -0.466 e. The highest BCUT2D eigenvalue weighted by atomic mass is 127. The van der Waals surface area contributed by atoms with Gasteiger partial charge in [0.25, 0.3) is 6.43 Å². The first-order valence-electron chi connectivity index (χ1n) is 5.17. The highest BCUT2D eigenvalue weighted by Crippen LogP contribution is 2.27. The molecule has 0 saturated heterocycles. The van der Waals surface area contributed by atoms with E-state index in [1.165, 1.54) is 6.07 Å². The van der Waals surface area contributed by atoms with Crippen LogP contribution in [0.3, 0.4) is 0 Å². The smallest absolute Gasteiger partial charge is 0.310 e. The second-order valence-electron chi connectivity index (χ2n) is 3.39. The lowest BCUT2D eigenvalue weighted by atomic mass is 10.1. The van der Waals surface area contributed by atoms with Crippen molar-refractivity contribution in [3.05, 3.63) is 26.6 Å². The SMILES string of the molecule is CCOC(=O)Cc1c(C(F)F)cc(CBr)nc1I. The normalized spacial score (nSPS) is 10.8. The van der Waals surface area contributed by atoms with Crippen molar-refractivity contribution >= 4 is 44.5 Å². The molecule has 0 unspecified atom stereocenters. The van der Waals surface area contributed by atoms with Crippen molar-refractivity contribution < 1.29 is 18.3 Å². The van der Waals surface area contributed by atoms with Crippen LogP contribution in [0.25, 0.3) is 0 Å². The Labute approximate surface area is 126 Å². The predicted octanol–water partition coefficient (Wildman–Crippen LogP) is 3.62. The Balaban J connectivity index is 3.12. The highest BCUT2D eigenvalue weighted by molar-refractivity contribution is 14.1. The van der Waals surface area contributed by atoms with Crippen LogP contribution in [0.15, 0.2) is 6.07 Å². The van der Waals surface area contributed by atoms with Crippen LogP contribution in [-0.4, -0.2) is 17.6 Å². The van der Waals surface area contributed by atoms with Gasteiger partial charge in [-0.05, 0) is 35.6 Å². The van der Waals surface area contributed by atoms with E-state index in [0.29, 0.717) is 14.7 Å². The number of aromatic nitrogens is 1. The Bertz CT molecular complexity index is 443. The monoisotopic (exact) mass is 433 g/mol. The average molecular weight is 434 g/mol. The molecule has 0 radical (unpaired) electrons. The molecule has 18 heavy (non-hydrogen) atoms. The van der Waals surface area contributed by atoms with Gasteiger partial charge in [-0.3, -0.25) is 4.79 Å². The molecule has 0 aromatic carbocycles. The quantitative estimate of drug-likeness (QED) is 0.308. The number of carbonyl (C=O) groups excluding carboxylic acids is 1. The van der Waals surface area contributed by atoms with E-state index >= 15 is 0 Å². The highest BCUT2D eigenvalue weighted by Gasteiger charge is 2.20. The zero-order chi connectivity index (χ0) is 13.7. The van der Waals surface area contributed by atoms with Gasteiger partial charge < -0.3 is 4.74 Å². The third-order valence-electron chi connectivity index (χ3n) is 2.16. The number of ether oxygens (including phenoxy) is 1. The molecule has 0 bridgehead atoms. The molecule has 3 nitrogen and oxygen atoms in total. The Morgan fingerprint density at radius 2 is 2.28 bits per heavy atom. The van der Waals surface area contributed by atoms with E-state index in [4.69, 9.17) is 4.74 Å². The van der Waals surface area contributed by atoms with Gasteiger partial charge in [0, 0.05) is 16.5 Å². The van der Waals surface area contributed by atoms with Crippen molar-refractivity contribution in [2.75, 3.05) is 6.61 Å². The lowest BCUT2D eigenvalue weighted by Gasteiger charge is -2.11. The maximum Gasteiger partial charge on any atom is 0.310 e. The number of esters is 1. The predicted molar refractivity (Wildman–Crippen MR) is 74.9 cm³/mol. The number of nitrogens with zero attached hydrogens (tertiary/aromatic N) is 1. The van der Waals surface area contributed by atoms with Crippen LogP contribution in [0, 0.1) is 3.70 Å². The Kier molecular flexibility index (Phi) is 6.40. The van der Waals surface area contributed by atoms with Crippen LogP contribution >= 0.6 is 38.5 Å². The fourth-order valence-corrected chi connectivity index (χ4v) is 2.51. The van der Waals surface area contributed by atoms with E-state index in [9.17, 15) is 13.6 Å². The minimum atomic E-state index is -2.64. The summed E-state index contributed by atoms with van der Waals surface area (Å²) in [7, 11) is 0. The topological polar surface area (TPSA) is 39.2 Å². The van der Waals surface area contributed by atoms with Gasteiger partial charge in [0.1, 0.15) is 3.70 Å². The zero-order valence-electron chi connectivity index (χ0n) is 9.55.